The Bertz CT molecular complexity index is 377. The first-order chi connectivity index (χ1) is 8.10. The third kappa shape index (κ3) is 2.12. The van der Waals surface area contributed by atoms with E-state index in [1.807, 2.05) is 13.0 Å². The third-order valence-corrected chi connectivity index (χ3v) is 4.15. The number of hydrogen-bond donors (Lipinski definition) is 1. The Morgan fingerprint density at radius 2 is 2.35 bits per heavy atom. The van der Waals surface area contributed by atoms with E-state index in [1.54, 1.807) is 6.26 Å². The number of furan rings is 1. The summed E-state index contributed by atoms with van der Waals surface area (Å²) in [5.74, 6) is 0.982. The molecule has 4 nitrogen and oxygen atoms in total. The highest BCUT2D eigenvalue weighted by Gasteiger charge is 2.43. The van der Waals surface area contributed by atoms with Crippen molar-refractivity contribution in [3.8, 4) is 0 Å². The Kier molecular flexibility index (Phi) is 3.56. The number of hydrogen-bond acceptors (Lipinski definition) is 4. The van der Waals surface area contributed by atoms with E-state index < -0.39 is 0 Å². The average Bonchev–Trinajstić information content (AvgIpc) is 2.87. The van der Waals surface area contributed by atoms with E-state index in [1.165, 1.54) is 5.56 Å². The van der Waals surface area contributed by atoms with Gasteiger partial charge in [-0.1, -0.05) is 0 Å². The van der Waals surface area contributed by atoms with E-state index >= 15 is 0 Å². The summed E-state index contributed by atoms with van der Waals surface area (Å²) in [6, 6.07) is 2.02. The van der Waals surface area contributed by atoms with Gasteiger partial charge in [-0.15, -0.1) is 0 Å². The normalized spacial score (nSPS) is 29.1. The van der Waals surface area contributed by atoms with Gasteiger partial charge in [0.25, 0.3) is 0 Å². The molecule has 96 valence electrons. The number of ether oxygens (including phenoxy) is 1. The maximum atomic E-state index is 5.98. The lowest BCUT2D eigenvalue weighted by atomic mass is 9.90. The Hall–Kier alpha value is -0.840. The van der Waals surface area contributed by atoms with Crippen molar-refractivity contribution in [2.45, 2.75) is 38.5 Å². The van der Waals surface area contributed by atoms with E-state index in [2.05, 4.69) is 18.9 Å². The SMILES string of the molecule is Cc1occc1CN(C)C1(CN)CCOC1C. The van der Waals surface area contributed by atoms with Gasteiger partial charge in [-0.2, -0.15) is 0 Å². The van der Waals surface area contributed by atoms with Gasteiger partial charge in [-0.3, -0.25) is 4.90 Å². The fourth-order valence-corrected chi connectivity index (χ4v) is 2.68. The van der Waals surface area contributed by atoms with E-state index in [9.17, 15) is 0 Å². The molecule has 0 saturated carbocycles. The monoisotopic (exact) mass is 238 g/mol. The van der Waals surface area contributed by atoms with Crippen molar-refractivity contribution in [3.05, 3.63) is 23.7 Å². The predicted molar refractivity (Wildman–Crippen MR) is 66.7 cm³/mol. The van der Waals surface area contributed by atoms with Crippen LogP contribution in [0.25, 0.3) is 0 Å². The maximum Gasteiger partial charge on any atom is 0.105 e. The molecule has 0 amide bonds. The molecule has 2 atom stereocenters. The first-order valence-corrected chi connectivity index (χ1v) is 6.16. The summed E-state index contributed by atoms with van der Waals surface area (Å²) < 4.78 is 11.0. The molecule has 1 aromatic heterocycles. The minimum Gasteiger partial charge on any atom is -0.469 e. The minimum atomic E-state index is -0.0380. The van der Waals surface area contributed by atoms with Crippen LogP contribution in [0.4, 0.5) is 0 Å². The first-order valence-electron chi connectivity index (χ1n) is 6.16. The van der Waals surface area contributed by atoms with Crippen LogP contribution < -0.4 is 5.73 Å². The molecule has 0 radical (unpaired) electrons. The molecule has 0 bridgehead atoms. The molecule has 0 aliphatic carbocycles. The lowest BCUT2D eigenvalue weighted by molar-refractivity contribution is 0.0243. The van der Waals surface area contributed by atoms with E-state index in [0.717, 1.165) is 25.3 Å². The first kappa shape index (κ1) is 12.6. The summed E-state index contributed by atoms with van der Waals surface area (Å²) in [7, 11) is 2.12. The molecule has 1 aliphatic heterocycles. The second-order valence-electron chi connectivity index (χ2n) is 4.93. The topological polar surface area (TPSA) is 51.6 Å². The molecule has 0 aromatic carbocycles. The van der Waals surface area contributed by atoms with Gasteiger partial charge >= 0.3 is 0 Å². The van der Waals surface area contributed by atoms with Crippen LogP contribution in [-0.4, -0.2) is 36.7 Å². The minimum absolute atomic E-state index is 0.0380. The molecule has 0 spiro atoms. The fraction of sp³-hybridized carbons (Fsp3) is 0.692. The Morgan fingerprint density at radius 3 is 2.82 bits per heavy atom. The van der Waals surface area contributed by atoms with Crippen molar-refractivity contribution in [2.75, 3.05) is 20.2 Å². The van der Waals surface area contributed by atoms with Crippen LogP contribution in [0.1, 0.15) is 24.7 Å². The van der Waals surface area contributed by atoms with Crippen molar-refractivity contribution in [3.63, 3.8) is 0 Å². The lowest BCUT2D eigenvalue weighted by Crippen LogP contribution is -2.56. The largest absolute Gasteiger partial charge is 0.469 e. The van der Waals surface area contributed by atoms with Crippen LogP contribution in [0, 0.1) is 6.92 Å². The van der Waals surface area contributed by atoms with Crippen LogP contribution in [0.15, 0.2) is 16.7 Å². The van der Waals surface area contributed by atoms with E-state index in [4.69, 9.17) is 14.9 Å². The van der Waals surface area contributed by atoms with Gasteiger partial charge in [0.2, 0.25) is 0 Å². The zero-order chi connectivity index (χ0) is 12.5. The zero-order valence-corrected chi connectivity index (χ0v) is 10.9. The molecule has 4 heteroatoms. The fourth-order valence-electron chi connectivity index (χ4n) is 2.68. The second kappa shape index (κ2) is 4.80. The standard InChI is InChI=1S/C13H22N2O2/c1-10-12(4-6-16-10)8-15(3)13(9-14)5-7-17-11(13)2/h4,6,11H,5,7-9,14H2,1-3H3. The number of nitrogens with zero attached hydrogens (tertiary/aromatic N) is 1. The molecule has 2 unspecified atom stereocenters. The van der Waals surface area contributed by atoms with Gasteiger partial charge in [-0.05, 0) is 33.4 Å². The number of aryl methyl sites for hydroxylation is 1. The highest BCUT2D eigenvalue weighted by molar-refractivity contribution is 5.16. The van der Waals surface area contributed by atoms with Crippen molar-refractivity contribution >= 4 is 0 Å². The van der Waals surface area contributed by atoms with Crippen molar-refractivity contribution < 1.29 is 9.15 Å². The highest BCUT2D eigenvalue weighted by atomic mass is 16.5. The quantitative estimate of drug-likeness (QED) is 0.864. The summed E-state index contributed by atoms with van der Waals surface area (Å²) in [4.78, 5) is 2.31. The molecule has 2 heterocycles. The van der Waals surface area contributed by atoms with Crippen LogP contribution >= 0.6 is 0 Å². The molecule has 1 aliphatic rings. The molecule has 2 N–H and O–H groups in total. The van der Waals surface area contributed by atoms with Crippen LogP contribution in [-0.2, 0) is 11.3 Å². The van der Waals surface area contributed by atoms with Gasteiger partial charge < -0.3 is 14.9 Å². The number of likely N-dealkylation sites (N-methyl/N-ethyl adjacent to an activating group) is 1. The summed E-state index contributed by atoms with van der Waals surface area (Å²) >= 11 is 0. The molecule has 1 aromatic rings. The van der Waals surface area contributed by atoms with Gasteiger partial charge in [0.1, 0.15) is 5.76 Å². The van der Waals surface area contributed by atoms with Crippen molar-refractivity contribution in [1.82, 2.24) is 4.90 Å². The van der Waals surface area contributed by atoms with Crippen LogP contribution in [0.5, 0.6) is 0 Å². The van der Waals surface area contributed by atoms with Crippen LogP contribution in [0.2, 0.25) is 0 Å². The maximum absolute atomic E-state index is 5.98. The lowest BCUT2D eigenvalue weighted by Gasteiger charge is -2.40. The average molecular weight is 238 g/mol. The van der Waals surface area contributed by atoms with Crippen LogP contribution in [0.3, 0.4) is 0 Å². The van der Waals surface area contributed by atoms with E-state index in [0.29, 0.717) is 6.54 Å². The predicted octanol–water partition coefficient (Wildman–Crippen LogP) is 1.53. The summed E-state index contributed by atoms with van der Waals surface area (Å²) in [6.07, 6.45) is 2.92. The third-order valence-electron chi connectivity index (χ3n) is 4.15. The van der Waals surface area contributed by atoms with Gasteiger partial charge in [0.05, 0.1) is 17.9 Å². The van der Waals surface area contributed by atoms with Crippen molar-refractivity contribution in [2.24, 2.45) is 5.73 Å². The van der Waals surface area contributed by atoms with Gasteiger partial charge in [0, 0.05) is 25.3 Å². The molecule has 17 heavy (non-hydrogen) atoms. The van der Waals surface area contributed by atoms with Gasteiger partial charge in [0.15, 0.2) is 0 Å². The second-order valence-corrected chi connectivity index (χ2v) is 4.93. The number of nitrogens with two attached hydrogens (primary N) is 1. The zero-order valence-electron chi connectivity index (χ0n) is 10.9. The molecule has 1 saturated heterocycles. The summed E-state index contributed by atoms with van der Waals surface area (Å²) in [5, 5.41) is 0. The molecule has 2 rings (SSSR count). The highest BCUT2D eigenvalue weighted by Crippen LogP contribution is 2.31. The Labute approximate surface area is 103 Å². The molecular weight excluding hydrogens is 216 g/mol. The summed E-state index contributed by atoms with van der Waals surface area (Å²) in [6.45, 7) is 6.38. The Balaban J connectivity index is 2.13. The van der Waals surface area contributed by atoms with E-state index in [-0.39, 0.29) is 11.6 Å². The molecule has 1 fully saturated rings. The summed E-state index contributed by atoms with van der Waals surface area (Å²) in [5.41, 5.74) is 7.17. The molecular formula is C13H22N2O2. The van der Waals surface area contributed by atoms with Gasteiger partial charge in [-0.25, -0.2) is 0 Å². The smallest absolute Gasteiger partial charge is 0.105 e. The number of rotatable bonds is 4. The Morgan fingerprint density at radius 1 is 1.59 bits per heavy atom. The van der Waals surface area contributed by atoms with Crippen molar-refractivity contribution in [1.29, 1.82) is 0 Å².